The third-order valence-corrected chi connectivity index (χ3v) is 2.54. The molecule has 1 aromatic rings. The summed E-state index contributed by atoms with van der Waals surface area (Å²) in [6.45, 7) is 4.47. The second kappa shape index (κ2) is 7.48. The van der Waals surface area contributed by atoms with E-state index >= 15 is 0 Å². The van der Waals surface area contributed by atoms with Crippen LogP contribution < -0.4 is 10.6 Å². The molecule has 0 fully saturated rings. The first kappa shape index (κ1) is 14.2. The molecule has 0 unspecified atom stereocenters. The Morgan fingerprint density at radius 1 is 1.06 bits per heavy atom. The fourth-order valence-corrected chi connectivity index (χ4v) is 1.63. The second-order valence-electron chi connectivity index (χ2n) is 4.19. The summed E-state index contributed by atoms with van der Waals surface area (Å²) in [6, 6.07) is 7.62. The maximum absolute atomic E-state index is 11.7. The topological polar surface area (TPSA) is 58.2 Å². The van der Waals surface area contributed by atoms with E-state index in [9.17, 15) is 9.59 Å². The monoisotopic (exact) mass is 248 g/mol. The van der Waals surface area contributed by atoms with Crippen LogP contribution in [0.25, 0.3) is 0 Å². The van der Waals surface area contributed by atoms with Gasteiger partial charge in [0.15, 0.2) is 0 Å². The normalized spacial score (nSPS) is 9.89. The lowest BCUT2D eigenvalue weighted by Gasteiger charge is -2.06. The molecular formula is C14H20N2O2. The van der Waals surface area contributed by atoms with E-state index in [0.717, 1.165) is 12.8 Å². The number of hydrogen-bond donors (Lipinski definition) is 2. The van der Waals surface area contributed by atoms with Crippen LogP contribution in [-0.4, -0.2) is 24.9 Å². The van der Waals surface area contributed by atoms with E-state index < -0.39 is 0 Å². The summed E-state index contributed by atoms with van der Waals surface area (Å²) < 4.78 is 0. The number of rotatable bonds is 6. The molecule has 0 saturated heterocycles. The Labute approximate surface area is 108 Å². The van der Waals surface area contributed by atoms with E-state index in [4.69, 9.17) is 0 Å². The van der Waals surface area contributed by atoms with Crippen molar-refractivity contribution in [1.82, 2.24) is 10.6 Å². The molecular weight excluding hydrogens is 228 g/mol. The van der Waals surface area contributed by atoms with Gasteiger partial charge in [-0.25, -0.2) is 0 Å². The smallest absolute Gasteiger partial charge is 0.251 e. The van der Waals surface area contributed by atoms with Gasteiger partial charge in [0.25, 0.3) is 5.91 Å². The Kier molecular flexibility index (Phi) is 5.91. The third kappa shape index (κ3) is 4.99. The summed E-state index contributed by atoms with van der Waals surface area (Å²) in [4.78, 5) is 22.4. The van der Waals surface area contributed by atoms with Crippen LogP contribution in [0.2, 0.25) is 0 Å². The number of amides is 2. The van der Waals surface area contributed by atoms with Crippen molar-refractivity contribution in [3.8, 4) is 0 Å². The largest absolute Gasteiger partial charge is 0.355 e. The van der Waals surface area contributed by atoms with Crippen LogP contribution in [0, 0.1) is 0 Å². The van der Waals surface area contributed by atoms with E-state index in [1.807, 2.05) is 24.3 Å². The third-order valence-electron chi connectivity index (χ3n) is 2.54. The van der Waals surface area contributed by atoms with Gasteiger partial charge in [-0.2, -0.15) is 0 Å². The zero-order valence-electron chi connectivity index (χ0n) is 11.0. The molecule has 0 radical (unpaired) electrons. The molecule has 1 aromatic carbocycles. The van der Waals surface area contributed by atoms with Crippen molar-refractivity contribution < 1.29 is 9.59 Å². The summed E-state index contributed by atoms with van der Waals surface area (Å²) in [7, 11) is 0. The quantitative estimate of drug-likeness (QED) is 0.750. The van der Waals surface area contributed by atoms with Gasteiger partial charge in [0.05, 0.1) is 0 Å². The molecule has 0 atom stereocenters. The first-order valence-corrected chi connectivity index (χ1v) is 6.25. The van der Waals surface area contributed by atoms with Gasteiger partial charge < -0.3 is 10.6 Å². The number of aryl methyl sites for hydroxylation is 1. The van der Waals surface area contributed by atoms with Gasteiger partial charge in [0.2, 0.25) is 5.91 Å². The molecule has 98 valence electrons. The summed E-state index contributed by atoms with van der Waals surface area (Å²) in [6.07, 6.45) is 2.13. The molecule has 0 aliphatic carbocycles. The standard InChI is InChI=1S/C14H20N2O2/c1-3-4-12-5-7-13(8-6-12)14(18)16-10-9-15-11(2)17/h5-8H,3-4,9-10H2,1-2H3,(H,15,17)(H,16,18). The van der Waals surface area contributed by atoms with Gasteiger partial charge in [-0.1, -0.05) is 25.5 Å². The molecule has 18 heavy (non-hydrogen) atoms. The van der Waals surface area contributed by atoms with E-state index in [1.165, 1.54) is 12.5 Å². The average Bonchev–Trinajstić information content (AvgIpc) is 2.35. The molecule has 0 aromatic heterocycles. The van der Waals surface area contributed by atoms with E-state index in [-0.39, 0.29) is 11.8 Å². The van der Waals surface area contributed by atoms with E-state index in [2.05, 4.69) is 17.6 Å². The van der Waals surface area contributed by atoms with Crippen molar-refractivity contribution in [2.45, 2.75) is 26.7 Å². The highest BCUT2D eigenvalue weighted by atomic mass is 16.2. The molecule has 4 nitrogen and oxygen atoms in total. The van der Waals surface area contributed by atoms with E-state index in [1.54, 1.807) is 0 Å². The molecule has 4 heteroatoms. The SMILES string of the molecule is CCCc1ccc(C(=O)NCCNC(C)=O)cc1. The van der Waals surface area contributed by atoms with Gasteiger partial charge in [0, 0.05) is 25.6 Å². The highest BCUT2D eigenvalue weighted by Crippen LogP contribution is 2.06. The van der Waals surface area contributed by atoms with Crippen LogP contribution in [0.3, 0.4) is 0 Å². The minimum Gasteiger partial charge on any atom is -0.355 e. The highest BCUT2D eigenvalue weighted by molar-refractivity contribution is 5.94. The molecule has 0 bridgehead atoms. The molecule has 0 spiro atoms. The zero-order chi connectivity index (χ0) is 13.4. The Hall–Kier alpha value is -1.84. The van der Waals surface area contributed by atoms with Crippen molar-refractivity contribution in [2.75, 3.05) is 13.1 Å². The molecule has 2 N–H and O–H groups in total. The van der Waals surface area contributed by atoms with Crippen molar-refractivity contribution in [3.63, 3.8) is 0 Å². The number of carbonyl (C=O) groups is 2. The van der Waals surface area contributed by atoms with Crippen LogP contribution in [-0.2, 0) is 11.2 Å². The second-order valence-corrected chi connectivity index (χ2v) is 4.19. The summed E-state index contributed by atoms with van der Waals surface area (Å²) in [5, 5.41) is 5.38. The van der Waals surface area contributed by atoms with Crippen LogP contribution in [0.15, 0.2) is 24.3 Å². The minimum absolute atomic E-state index is 0.0897. The maximum Gasteiger partial charge on any atom is 0.251 e. The zero-order valence-corrected chi connectivity index (χ0v) is 11.0. The fourth-order valence-electron chi connectivity index (χ4n) is 1.63. The van der Waals surface area contributed by atoms with Crippen LogP contribution >= 0.6 is 0 Å². The summed E-state index contributed by atoms with van der Waals surface area (Å²) >= 11 is 0. The highest BCUT2D eigenvalue weighted by Gasteiger charge is 2.04. The Morgan fingerprint density at radius 2 is 1.67 bits per heavy atom. The van der Waals surface area contributed by atoms with Crippen molar-refractivity contribution in [2.24, 2.45) is 0 Å². The maximum atomic E-state index is 11.7. The van der Waals surface area contributed by atoms with Crippen molar-refractivity contribution in [3.05, 3.63) is 35.4 Å². The molecule has 0 aliphatic rings. The predicted molar refractivity (Wildman–Crippen MR) is 71.5 cm³/mol. The molecule has 0 saturated carbocycles. The van der Waals surface area contributed by atoms with Crippen LogP contribution in [0.5, 0.6) is 0 Å². The Bertz CT molecular complexity index is 399. The lowest BCUT2D eigenvalue weighted by molar-refractivity contribution is -0.118. The van der Waals surface area contributed by atoms with Crippen LogP contribution in [0.1, 0.15) is 36.2 Å². The molecule has 2 amide bonds. The van der Waals surface area contributed by atoms with Gasteiger partial charge in [0.1, 0.15) is 0 Å². The number of hydrogen-bond acceptors (Lipinski definition) is 2. The van der Waals surface area contributed by atoms with Crippen LogP contribution in [0.4, 0.5) is 0 Å². The molecule has 0 heterocycles. The molecule has 0 aliphatic heterocycles. The first-order chi connectivity index (χ1) is 8.63. The van der Waals surface area contributed by atoms with Gasteiger partial charge >= 0.3 is 0 Å². The first-order valence-electron chi connectivity index (χ1n) is 6.25. The van der Waals surface area contributed by atoms with Gasteiger partial charge in [-0.3, -0.25) is 9.59 Å². The molecule has 1 rings (SSSR count). The average molecular weight is 248 g/mol. The summed E-state index contributed by atoms with van der Waals surface area (Å²) in [5.41, 5.74) is 1.89. The Morgan fingerprint density at radius 3 is 2.22 bits per heavy atom. The fraction of sp³-hybridized carbons (Fsp3) is 0.429. The summed E-state index contributed by atoms with van der Waals surface area (Å²) in [5.74, 6) is -0.198. The lowest BCUT2D eigenvalue weighted by Crippen LogP contribution is -2.33. The number of carbonyl (C=O) groups excluding carboxylic acids is 2. The van der Waals surface area contributed by atoms with E-state index in [0.29, 0.717) is 18.7 Å². The number of nitrogens with one attached hydrogen (secondary N) is 2. The lowest BCUT2D eigenvalue weighted by atomic mass is 10.1. The van der Waals surface area contributed by atoms with Gasteiger partial charge in [-0.15, -0.1) is 0 Å². The van der Waals surface area contributed by atoms with Crippen molar-refractivity contribution in [1.29, 1.82) is 0 Å². The van der Waals surface area contributed by atoms with Gasteiger partial charge in [-0.05, 0) is 24.1 Å². The Balaban J connectivity index is 2.39. The predicted octanol–water partition coefficient (Wildman–Crippen LogP) is 1.50. The van der Waals surface area contributed by atoms with Crippen molar-refractivity contribution >= 4 is 11.8 Å². The minimum atomic E-state index is -0.108. The number of benzene rings is 1.